The SMILES string of the molecule is COc1cccc(/C=C/C(=O)Nc2cccc(S(=O)(=O)Nc3ccccc3Cl)c2)c1. The Kier molecular flexibility index (Phi) is 6.76. The van der Waals surface area contributed by atoms with Crippen molar-refractivity contribution >= 4 is 45.0 Å². The first-order valence-electron chi connectivity index (χ1n) is 8.88. The Hall–Kier alpha value is -3.29. The maximum absolute atomic E-state index is 12.7. The van der Waals surface area contributed by atoms with E-state index in [2.05, 4.69) is 10.0 Å². The topological polar surface area (TPSA) is 84.5 Å². The molecule has 0 heterocycles. The van der Waals surface area contributed by atoms with E-state index in [9.17, 15) is 13.2 Å². The van der Waals surface area contributed by atoms with Gasteiger partial charge in [-0.25, -0.2) is 8.42 Å². The highest BCUT2D eigenvalue weighted by atomic mass is 35.5. The molecule has 0 atom stereocenters. The first kappa shape index (κ1) is 21.4. The second-order valence-electron chi connectivity index (χ2n) is 6.21. The zero-order valence-electron chi connectivity index (χ0n) is 16.0. The Morgan fingerprint density at radius 1 is 1.00 bits per heavy atom. The Morgan fingerprint density at radius 2 is 1.77 bits per heavy atom. The van der Waals surface area contributed by atoms with Gasteiger partial charge in [-0.05, 0) is 54.1 Å². The van der Waals surface area contributed by atoms with Crippen molar-refractivity contribution in [2.45, 2.75) is 4.90 Å². The predicted octanol–water partition coefficient (Wildman–Crippen LogP) is 4.80. The number of benzene rings is 3. The van der Waals surface area contributed by atoms with Gasteiger partial charge >= 0.3 is 0 Å². The lowest BCUT2D eigenvalue weighted by molar-refractivity contribution is -0.111. The van der Waals surface area contributed by atoms with Gasteiger partial charge in [0.05, 0.1) is 22.7 Å². The molecule has 0 aliphatic rings. The summed E-state index contributed by atoms with van der Waals surface area (Å²) in [6, 6.07) is 19.7. The fourth-order valence-corrected chi connectivity index (χ4v) is 3.95. The van der Waals surface area contributed by atoms with Gasteiger partial charge in [-0.15, -0.1) is 0 Å². The van der Waals surface area contributed by atoms with Crippen molar-refractivity contribution in [3.8, 4) is 5.75 Å². The number of para-hydroxylation sites is 1. The molecule has 2 N–H and O–H groups in total. The smallest absolute Gasteiger partial charge is 0.262 e. The van der Waals surface area contributed by atoms with Crippen molar-refractivity contribution in [1.29, 1.82) is 0 Å². The Bertz CT molecular complexity index is 1190. The molecule has 0 spiro atoms. The summed E-state index contributed by atoms with van der Waals surface area (Å²) < 4.78 is 32.9. The number of rotatable bonds is 7. The number of halogens is 1. The van der Waals surface area contributed by atoms with Crippen LogP contribution in [0.25, 0.3) is 6.08 Å². The molecular formula is C22H19ClN2O4S. The minimum absolute atomic E-state index is 0.00278. The number of nitrogens with one attached hydrogen (secondary N) is 2. The van der Waals surface area contributed by atoms with E-state index >= 15 is 0 Å². The van der Waals surface area contributed by atoms with E-state index in [1.807, 2.05) is 12.1 Å². The minimum atomic E-state index is -3.87. The second kappa shape index (κ2) is 9.47. The summed E-state index contributed by atoms with van der Waals surface area (Å²) in [5.41, 5.74) is 1.41. The van der Waals surface area contributed by atoms with Crippen LogP contribution in [0.15, 0.2) is 83.8 Å². The van der Waals surface area contributed by atoms with Gasteiger partial charge in [-0.2, -0.15) is 0 Å². The van der Waals surface area contributed by atoms with E-state index in [4.69, 9.17) is 16.3 Å². The average Bonchev–Trinajstić information content (AvgIpc) is 2.74. The molecule has 3 aromatic rings. The van der Waals surface area contributed by atoms with Gasteiger partial charge in [-0.3, -0.25) is 9.52 Å². The molecule has 0 aromatic heterocycles. The summed E-state index contributed by atoms with van der Waals surface area (Å²) >= 11 is 6.02. The molecule has 0 radical (unpaired) electrons. The van der Waals surface area contributed by atoms with E-state index in [-0.39, 0.29) is 15.6 Å². The highest BCUT2D eigenvalue weighted by Crippen LogP contribution is 2.25. The zero-order valence-corrected chi connectivity index (χ0v) is 17.6. The standard InChI is InChI=1S/C22H19ClN2O4S/c1-29-18-8-4-6-16(14-18)12-13-22(26)24-17-7-5-9-19(15-17)30(27,28)25-21-11-3-2-10-20(21)23/h2-15,25H,1H3,(H,24,26)/b13-12+. The highest BCUT2D eigenvalue weighted by Gasteiger charge is 2.16. The number of hydrogen-bond acceptors (Lipinski definition) is 4. The summed E-state index contributed by atoms with van der Waals surface area (Å²) in [5.74, 6) is 0.285. The Balaban J connectivity index is 1.72. The van der Waals surface area contributed by atoms with Gasteiger partial charge < -0.3 is 10.1 Å². The number of amides is 1. The van der Waals surface area contributed by atoms with Crippen LogP contribution in [0, 0.1) is 0 Å². The number of sulfonamides is 1. The van der Waals surface area contributed by atoms with Crippen LogP contribution in [0.3, 0.4) is 0 Å². The fraction of sp³-hybridized carbons (Fsp3) is 0.0455. The molecule has 3 rings (SSSR count). The van der Waals surface area contributed by atoms with Gasteiger partial charge in [0.1, 0.15) is 5.75 Å². The van der Waals surface area contributed by atoms with Crippen LogP contribution in [0.2, 0.25) is 5.02 Å². The number of methoxy groups -OCH3 is 1. The zero-order chi connectivity index (χ0) is 21.6. The molecule has 6 nitrogen and oxygen atoms in total. The van der Waals surface area contributed by atoms with Crippen molar-refractivity contribution in [3.63, 3.8) is 0 Å². The van der Waals surface area contributed by atoms with Gasteiger partial charge in [0.15, 0.2) is 0 Å². The average molecular weight is 443 g/mol. The van der Waals surface area contributed by atoms with Crippen LogP contribution in [0.5, 0.6) is 5.75 Å². The summed E-state index contributed by atoms with van der Waals surface area (Å²) in [4.78, 5) is 12.2. The van der Waals surface area contributed by atoms with Gasteiger partial charge in [0, 0.05) is 11.8 Å². The Labute approximate surface area is 180 Å². The molecular weight excluding hydrogens is 424 g/mol. The number of ether oxygens (including phenoxy) is 1. The van der Waals surface area contributed by atoms with Gasteiger partial charge in [0.25, 0.3) is 10.0 Å². The van der Waals surface area contributed by atoms with E-state index in [0.717, 1.165) is 5.56 Å². The van der Waals surface area contributed by atoms with E-state index in [1.165, 1.54) is 18.2 Å². The molecule has 1 amide bonds. The van der Waals surface area contributed by atoms with Gasteiger partial charge in [-0.1, -0.05) is 41.9 Å². The summed E-state index contributed by atoms with van der Waals surface area (Å²) in [7, 11) is -2.31. The molecule has 0 unspecified atom stereocenters. The largest absolute Gasteiger partial charge is 0.497 e. The molecule has 0 saturated heterocycles. The monoisotopic (exact) mass is 442 g/mol. The van der Waals surface area contributed by atoms with Crippen molar-refractivity contribution in [2.75, 3.05) is 17.1 Å². The van der Waals surface area contributed by atoms with Crippen molar-refractivity contribution in [2.24, 2.45) is 0 Å². The molecule has 30 heavy (non-hydrogen) atoms. The molecule has 0 aliphatic heterocycles. The Morgan fingerprint density at radius 3 is 2.53 bits per heavy atom. The van der Waals surface area contributed by atoms with Crippen molar-refractivity contribution in [1.82, 2.24) is 0 Å². The first-order valence-corrected chi connectivity index (χ1v) is 10.7. The molecule has 0 aliphatic carbocycles. The van der Waals surface area contributed by atoms with E-state index in [1.54, 1.807) is 61.7 Å². The third-order valence-electron chi connectivity index (χ3n) is 4.05. The molecule has 0 saturated carbocycles. The van der Waals surface area contributed by atoms with Crippen molar-refractivity contribution < 1.29 is 17.9 Å². The van der Waals surface area contributed by atoms with Crippen LogP contribution >= 0.6 is 11.6 Å². The molecule has 8 heteroatoms. The molecule has 0 fully saturated rings. The first-order chi connectivity index (χ1) is 14.4. The maximum atomic E-state index is 12.7. The lowest BCUT2D eigenvalue weighted by Gasteiger charge is -2.11. The van der Waals surface area contributed by atoms with Gasteiger partial charge in [0.2, 0.25) is 5.91 Å². The number of carbonyl (C=O) groups is 1. The minimum Gasteiger partial charge on any atom is -0.497 e. The van der Waals surface area contributed by atoms with E-state index < -0.39 is 15.9 Å². The number of hydrogen-bond donors (Lipinski definition) is 2. The van der Waals surface area contributed by atoms with Crippen LogP contribution in [-0.4, -0.2) is 21.4 Å². The molecule has 154 valence electrons. The summed E-state index contributed by atoms with van der Waals surface area (Å²) in [5, 5.41) is 2.94. The molecule has 0 bridgehead atoms. The summed E-state index contributed by atoms with van der Waals surface area (Å²) in [6.07, 6.45) is 3.00. The van der Waals surface area contributed by atoms with Crippen LogP contribution in [0.1, 0.15) is 5.56 Å². The van der Waals surface area contributed by atoms with E-state index in [0.29, 0.717) is 11.4 Å². The van der Waals surface area contributed by atoms with Crippen LogP contribution < -0.4 is 14.8 Å². The quantitative estimate of drug-likeness (QED) is 0.514. The molecule has 3 aromatic carbocycles. The fourth-order valence-electron chi connectivity index (χ4n) is 2.59. The lowest BCUT2D eigenvalue weighted by Crippen LogP contribution is -2.14. The second-order valence-corrected chi connectivity index (χ2v) is 8.30. The van der Waals surface area contributed by atoms with Crippen molar-refractivity contribution in [3.05, 3.63) is 89.5 Å². The highest BCUT2D eigenvalue weighted by molar-refractivity contribution is 7.92. The third kappa shape index (κ3) is 5.62. The predicted molar refractivity (Wildman–Crippen MR) is 119 cm³/mol. The van der Waals surface area contributed by atoms with Crippen LogP contribution in [-0.2, 0) is 14.8 Å². The lowest BCUT2D eigenvalue weighted by atomic mass is 10.2. The number of carbonyl (C=O) groups excluding carboxylic acids is 1. The van der Waals surface area contributed by atoms with Crippen LogP contribution in [0.4, 0.5) is 11.4 Å². The summed E-state index contributed by atoms with van der Waals surface area (Å²) in [6.45, 7) is 0. The third-order valence-corrected chi connectivity index (χ3v) is 5.74. The maximum Gasteiger partial charge on any atom is 0.262 e. The number of anilines is 2. The normalized spacial score (nSPS) is 11.3.